The van der Waals surface area contributed by atoms with Crippen molar-refractivity contribution in [2.45, 2.75) is 23.8 Å². The average Bonchev–Trinajstić information content (AvgIpc) is 2.61. The third-order valence-electron chi connectivity index (χ3n) is 4.08. The van der Waals surface area contributed by atoms with Crippen LogP contribution in [0.5, 0.6) is 0 Å². The van der Waals surface area contributed by atoms with Gasteiger partial charge in [0.1, 0.15) is 0 Å². The molecule has 2 N–H and O–H groups in total. The van der Waals surface area contributed by atoms with Crippen molar-refractivity contribution < 1.29 is 27.9 Å². The van der Waals surface area contributed by atoms with E-state index in [9.17, 15) is 13.2 Å². The smallest absolute Gasteiger partial charge is 0.407 e. The zero-order chi connectivity index (χ0) is 19.2. The molecule has 1 heterocycles. The summed E-state index contributed by atoms with van der Waals surface area (Å²) in [6, 6.07) is 6.35. The van der Waals surface area contributed by atoms with E-state index in [1.165, 1.54) is 17.0 Å². The van der Waals surface area contributed by atoms with Gasteiger partial charge >= 0.3 is 6.09 Å². The van der Waals surface area contributed by atoms with Crippen molar-refractivity contribution in [3.05, 3.63) is 36.4 Å². The molecule has 1 aliphatic rings. The molecule has 0 unspecified atom stereocenters. The van der Waals surface area contributed by atoms with E-state index in [4.69, 9.17) is 14.7 Å². The summed E-state index contributed by atoms with van der Waals surface area (Å²) in [6.07, 6.45) is 1.67. The van der Waals surface area contributed by atoms with Gasteiger partial charge in [-0.15, -0.1) is 0 Å². The van der Waals surface area contributed by atoms with Crippen LogP contribution in [0.1, 0.15) is 18.4 Å². The fraction of sp³-hybridized carbons (Fsp3) is 0.471. The van der Waals surface area contributed by atoms with Gasteiger partial charge in [-0.1, -0.05) is 18.7 Å². The first-order valence-corrected chi connectivity index (χ1v) is 10.1. The van der Waals surface area contributed by atoms with Gasteiger partial charge in [0.15, 0.2) is 9.84 Å². The number of piperidine rings is 1. The Kier molecular flexibility index (Phi) is 7.01. The van der Waals surface area contributed by atoms with Crippen LogP contribution in [-0.2, 0) is 19.4 Å². The first kappa shape index (κ1) is 20.2. The van der Waals surface area contributed by atoms with Gasteiger partial charge in [0.2, 0.25) is 0 Å². The Hall–Kier alpha value is -2.10. The summed E-state index contributed by atoms with van der Waals surface area (Å²) in [5.74, 6) is 0. The molecule has 0 radical (unpaired) electrons. The van der Waals surface area contributed by atoms with Crippen molar-refractivity contribution >= 4 is 21.6 Å². The normalized spacial score (nSPS) is 15.7. The SMILES string of the molecule is C=C(NOCCOC1CCN(C(=O)O)CC1)c1ccc(S(C)(=O)=O)cc1. The lowest BCUT2D eigenvalue weighted by atomic mass is 10.1. The summed E-state index contributed by atoms with van der Waals surface area (Å²) in [6.45, 7) is 5.50. The summed E-state index contributed by atoms with van der Waals surface area (Å²) in [5.41, 5.74) is 3.94. The van der Waals surface area contributed by atoms with Crippen LogP contribution < -0.4 is 5.48 Å². The number of hydroxylamine groups is 1. The molecule has 0 aromatic heterocycles. The minimum atomic E-state index is -3.22. The van der Waals surface area contributed by atoms with Crippen LogP contribution in [0.3, 0.4) is 0 Å². The van der Waals surface area contributed by atoms with Crippen LogP contribution in [0.4, 0.5) is 4.79 Å². The van der Waals surface area contributed by atoms with Gasteiger partial charge in [-0.2, -0.15) is 0 Å². The number of rotatable bonds is 8. The highest BCUT2D eigenvalue weighted by Gasteiger charge is 2.22. The van der Waals surface area contributed by atoms with Gasteiger partial charge < -0.3 is 14.7 Å². The molecule has 0 aliphatic carbocycles. The summed E-state index contributed by atoms with van der Waals surface area (Å²) in [7, 11) is -3.22. The molecule has 0 bridgehead atoms. The van der Waals surface area contributed by atoms with E-state index in [2.05, 4.69) is 12.1 Å². The molecule has 1 aliphatic heterocycles. The molecule has 9 heteroatoms. The van der Waals surface area contributed by atoms with Crippen LogP contribution >= 0.6 is 0 Å². The lowest BCUT2D eigenvalue weighted by Crippen LogP contribution is -2.40. The summed E-state index contributed by atoms with van der Waals surface area (Å²) in [5, 5.41) is 8.89. The molecule has 1 aromatic carbocycles. The summed E-state index contributed by atoms with van der Waals surface area (Å²) in [4.78, 5) is 17.8. The Morgan fingerprint density at radius 3 is 2.42 bits per heavy atom. The second kappa shape index (κ2) is 9.02. The number of carbonyl (C=O) groups is 1. The Balaban J connectivity index is 1.64. The summed E-state index contributed by atoms with van der Waals surface area (Å²) >= 11 is 0. The number of amides is 1. The predicted octanol–water partition coefficient (Wildman–Crippen LogP) is 1.74. The standard InChI is InChI=1S/C17H24N2O6S/c1-13(14-3-5-16(6-4-14)26(2,22)23)18-25-12-11-24-15-7-9-19(10-8-15)17(20)21/h3-6,15,18H,1,7-12H2,2H3,(H,20,21). The topological polar surface area (TPSA) is 105 Å². The van der Waals surface area contributed by atoms with Gasteiger partial charge in [0.25, 0.3) is 0 Å². The van der Waals surface area contributed by atoms with Crippen molar-refractivity contribution in [3.63, 3.8) is 0 Å². The molecule has 8 nitrogen and oxygen atoms in total. The highest BCUT2D eigenvalue weighted by molar-refractivity contribution is 7.90. The third-order valence-corrected chi connectivity index (χ3v) is 5.21. The van der Waals surface area contributed by atoms with E-state index < -0.39 is 15.9 Å². The van der Waals surface area contributed by atoms with E-state index in [1.807, 2.05) is 0 Å². The van der Waals surface area contributed by atoms with E-state index in [0.29, 0.717) is 44.8 Å². The highest BCUT2D eigenvalue weighted by Crippen LogP contribution is 2.15. The van der Waals surface area contributed by atoms with E-state index >= 15 is 0 Å². The van der Waals surface area contributed by atoms with E-state index in [1.54, 1.807) is 12.1 Å². The molecule has 0 saturated carbocycles. The van der Waals surface area contributed by atoms with Gasteiger partial charge in [0.05, 0.1) is 29.9 Å². The maximum Gasteiger partial charge on any atom is 0.407 e. The Labute approximate surface area is 153 Å². The third kappa shape index (κ3) is 6.01. The number of hydrogen-bond acceptors (Lipinski definition) is 6. The fourth-order valence-electron chi connectivity index (χ4n) is 2.57. The van der Waals surface area contributed by atoms with Crippen LogP contribution in [0.25, 0.3) is 5.70 Å². The lowest BCUT2D eigenvalue weighted by molar-refractivity contribution is -0.0328. The van der Waals surface area contributed by atoms with Crippen molar-refractivity contribution in [1.29, 1.82) is 0 Å². The molecule has 26 heavy (non-hydrogen) atoms. The minimum Gasteiger partial charge on any atom is -0.465 e. The second-order valence-electron chi connectivity index (χ2n) is 6.07. The van der Waals surface area contributed by atoms with E-state index in [0.717, 1.165) is 11.8 Å². The number of nitrogens with one attached hydrogen (secondary N) is 1. The maximum absolute atomic E-state index is 11.4. The largest absolute Gasteiger partial charge is 0.465 e. The Bertz CT molecular complexity index is 724. The minimum absolute atomic E-state index is 0.0425. The number of hydrogen-bond donors (Lipinski definition) is 2. The van der Waals surface area contributed by atoms with Gasteiger partial charge in [-0.05, 0) is 30.5 Å². The van der Waals surface area contributed by atoms with Crippen LogP contribution in [-0.4, -0.2) is 63.2 Å². The maximum atomic E-state index is 11.4. The molecule has 0 atom stereocenters. The number of nitrogens with zero attached hydrogens (tertiary/aromatic N) is 1. The molecule has 2 rings (SSSR count). The Morgan fingerprint density at radius 1 is 1.27 bits per heavy atom. The number of sulfone groups is 1. The number of likely N-dealkylation sites (tertiary alicyclic amines) is 1. The van der Waals surface area contributed by atoms with Crippen molar-refractivity contribution in [2.24, 2.45) is 0 Å². The summed E-state index contributed by atoms with van der Waals surface area (Å²) < 4.78 is 28.5. The number of ether oxygens (including phenoxy) is 1. The molecular weight excluding hydrogens is 360 g/mol. The average molecular weight is 384 g/mol. The fourth-order valence-corrected chi connectivity index (χ4v) is 3.20. The lowest BCUT2D eigenvalue weighted by Gasteiger charge is -2.29. The molecule has 1 fully saturated rings. The molecule has 144 valence electrons. The Morgan fingerprint density at radius 2 is 1.88 bits per heavy atom. The van der Waals surface area contributed by atoms with Crippen molar-refractivity contribution in [3.8, 4) is 0 Å². The van der Waals surface area contributed by atoms with Gasteiger partial charge in [-0.25, -0.2) is 13.2 Å². The van der Waals surface area contributed by atoms with Crippen molar-refractivity contribution in [2.75, 3.05) is 32.6 Å². The molecule has 1 saturated heterocycles. The van der Waals surface area contributed by atoms with Crippen LogP contribution in [0, 0.1) is 0 Å². The van der Waals surface area contributed by atoms with Gasteiger partial charge in [0, 0.05) is 19.3 Å². The molecule has 0 spiro atoms. The zero-order valence-electron chi connectivity index (χ0n) is 14.7. The first-order valence-electron chi connectivity index (χ1n) is 8.24. The van der Waals surface area contributed by atoms with Crippen LogP contribution in [0.15, 0.2) is 35.7 Å². The predicted molar refractivity (Wildman–Crippen MR) is 96.2 cm³/mol. The van der Waals surface area contributed by atoms with Crippen LogP contribution in [0.2, 0.25) is 0 Å². The molecule has 1 aromatic rings. The molecular formula is C17H24N2O6S. The monoisotopic (exact) mass is 384 g/mol. The number of carboxylic acid groups (broad SMARTS) is 1. The highest BCUT2D eigenvalue weighted by atomic mass is 32.2. The first-order chi connectivity index (χ1) is 12.3. The van der Waals surface area contributed by atoms with Crippen molar-refractivity contribution in [1.82, 2.24) is 10.4 Å². The quantitative estimate of drug-likeness (QED) is 0.519. The van der Waals surface area contributed by atoms with Gasteiger partial charge in [-0.3, -0.25) is 10.3 Å². The van der Waals surface area contributed by atoms with E-state index in [-0.39, 0.29) is 11.0 Å². The second-order valence-corrected chi connectivity index (χ2v) is 8.08. The zero-order valence-corrected chi connectivity index (χ0v) is 15.5. The number of benzene rings is 1. The molecule has 1 amide bonds.